The molecule has 1 heterocycles. The lowest BCUT2D eigenvalue weighted by Crippen LogP contribution is -2.03. The third-order valence-electron chi connectivity index (χ3n) is 1.60. The van der Waals surface area contributed by atoms with Crippen molar-refractivity contribution in [2.24, 2.45) is 0 Å². The van der Waals surface area contributed by atoms with Crippen LogP contribution in [0.25, 0.3) is 0 Å². The van der Waals surface area contributed by atoms with Crippen LogP contribution in [-0.2, 0) is 0 Å². The summed E-state index contributed by atoms with van der Waals surface area (Å²) in [5.74, 6) is 0.654. The average Bonchev–Trinajstić information content (AvgIpc) is 2.16. The van der Waals surface area contributed by atoms with Crippen molar-refractivity contribution in [2.45, 2.75) is 6.10 Å². The summed E-state index contributed by atoms with van der Waals surface area (Å²) in [4.78, 5) is 3.91. The van der Waals surface area contributed by atoms with Crippen LogP contribution in [0.3, 0.4) is 0 Å². The van der Waals surface area contributed by atoms with Gasteiger partial charge in [0.15, 0.2) is 0 Å². The Kier molecular flexibility index (Phi) is 3.96. The molecule has 1 N–H and O–H groups in total. The molecule has 13 heavy (non-hydrogen) atoms. The number of halogens is 2. The Morgan fingerprint density at radius 1 is 1.69 bits per heavy atom. The number of pyridine rings is 1. The highest BCUT2D eigenvalue weighted by atomic mass is 79.9. The maximum absolute atomic E-state index is 9.55. The molecule has 0 amide bonds. The molecule has 0 aliphatic rings. The fourth-order valence-corrected chi connectivity index (χ4v) is 1.72. The van der Waals surface area contributed by atoms with Crippen LogP contribution in [0.15, 0.2) is 16.9 Å². The molecule has 1 rings (SSSR count). The van der Waals surface area contributed by atoms with Gasteiger partial charge in [-0.05, 0) is 15.9 Å². The van der Waals surface area contributed by atoms with Crippen molar-refractivity contribution in [3.05, 3.63) is 22.4 Å². The van der Waals surface area contributed by atoms with Gasteiger partial charge in [0, 0.05) is 16.2 Å². The first-order valence-corrected chi connectivity index (χ1v) is 4.95. The Bertz CT molecular complexity index is 295. The van der Waals surface area contributed by atoms with Gasteiger partial charge < -0.3 is 9.84 Å². The van der Waals surface area contributed by atoms with Crippen LogP contribution in [0.5, 0.6) is 5.75 Å². The highest BCUT2D eigenvalue weighted by molar-refractivity contribution is 9.10. The number of ether oxygens (including phenoxy) is 1. The fourth-order valence-electron chi connectivity index (χ4n) is 0.990. The zero-order valence-corrected chi connectivity index (χ0v) is 9.34. The summed E-state index contributed by atoms with van der Waals surface area (Å²) < 4.78 is 5.73. The standard InChI is InChI=1S/C8H9BrClNO2/c1-13-7-4-11-3-5(9)8(7)6(12)2-10/h3-4,6,12H,2H2,1H3. The second-order valence-electron chi connectivity index (χ2n) is 2.41. The van der Waals surface area contributed by atoms with Crippen LogP contribution in [0.4, 0.5) is 0 Å². The first-order valence-electron chi connectivity index (χ1n) is 3.62. The summed E-state index contributed by atoms with van der Waals surface area (Å²) in [5.41, 5.74) is 0.632. The summed E-state index contributed by atoms with van der Waals surface area (Å²) in [6, 6.07) is 0. The SMILES string of the molecule is COc1cncc(Br)c1C(O)CCl. The van der Waals surface area contributed by atoms with Gasteiger partial charge in [0.1, 0.15) is 5.75 Å². The number of rotatable bonds is 3. The van der Waals surface area contributed by atoms with E-state index in [2.05, 4.69) is 20.9 Å². The van der Waals surface area contributed by atoms with Gasteiger partial charge in [0.05, 0.1) is 25.3 Å². The van der Waals surface area contributed by atoms with E-state index in [9.17, 15) is 5.11 Å². The van der Waals surface area contributed by atoms with Gasteiger partial charge in [0.2, 0.25) is 0 Å². The van der Waals surface area contributed by atoms with Crippen molar-refractivity contribution in [2.75, 3.05) is 13.0 Å². The van der Waals surface area contributed by atoms with Crippen molar-refractivity contribution in [1.82, 2.24) is 4.98 Å². The van der Waals surface area contributed by atoms with Crippen LogP contribution in [0.2, 0.25) is 0 Å². The largest absolute Gasteiger partial charge is 0.495 e. The molecule has 0 saturated carbocycles. The fraction of sp³-hybridized carbons (Fsp3) is 0.375. The van der Waals surface area contributed by atoms with Crippen LogP contribution in [0, 0.1) is 0 Å². The van der Waals surface area contributed by atoms with Crippen LogP contribution in [-0.4, -0.2) is 23.1 Å². The molecule has 1 aromatic rings. The molecule has 0 saturated heterocycles. The second kappa shape index (κ2) is 4.79. The van der Waals surface area contributed by atoms with E-state index < -0.39 is 6.10 Å². The van der Waals surface area contributed by atoms with Gasteiger partial charge in [-0.25, -0.2) is 0 Å². The van der Waals surface area contributed by atoms with E-state index in [1.165, 1.54) is 13.3 Å². The number of hydrogen-bond acceptors (Lipinski definition) is 3. The van der Waals surface area contributed by atoms with Gasteiger partial charge in [-0.2, -0.15) is 0 Å². The van der Waals surface area contributed by atoms with Crippen molar-refractivity contribution in [1.29, 1.82) is 0 Å². The van der Waals surface area contributed by atoms with Gasteiger partial charge >= 0.3 is 0 Å². The lowest BCUT2D eigenvalue weighted by molar-refractivity contribution is 0.196. The zero-order valence-electron chi connectivity index (χ0n) is 7.00. The Morgan fingerprint density at radius 2 is 2.38 bits per heavy atom. The second-order valence-corrected chi connectivity index (χ2v) is 3.57. The maximum Gasteiger partial charge on any atom is 0.144 e. The molecule has 5 heteroatoms. The summed E-state index contributed by atoms with van der Waals surface area (Å²) in [7, 11) is 1.52. The number of alkyl halides is 1. The van der Waals surface area contributed by atoms with Crippen molar-refractivity contribution < 1.29 is 9.84 Å². The van der Waals surface area contributed by atoms with Crippen molar-refractivity contribution >= 4 is 27.5 Å². The quantitative estimate of drug-likeness (QED) is 0.852. The van der Waals surface area contributed by atoms with E-state index in [1.807, 2.05) is 0 Å². The molecular weight excluding hydrogens is 257 g/mol. The van der Waals surface area contributed by atoms with E-state index in [0.717, 1.165) is 0 Å². The first kappa shape index (κ1) is 10.8. The average molecular weight is 267 g/mol. The highest BCUT2D eigenvalue weighted by Gasteiger charge is 2.15. The predicted molar refractivity (Wildman–Crippen MR) is 54.2 cm³/mol. The Balaban J connectivity index is 3.14. The number of aromatic nitrogens is 1. The maximum atomic E-state index is 9.55. The van der Waals surface area contributed by atoms with E-state index in [1.54, 1.807) is 6.20 Å². The van der Waals surface area contributed by atoms with Crippen molar-refractivity contribution in [3.63, 3.8) is 0 Å². The molecule has 0 bridgehead atoms. The van der Waals surface area contributed by atoms with Gasteiger partial charge in [0.25, 0.3) is 0 Å². The summed E-state index contributed by atoms with van der Waals surface area (Å²) in [6.07, 6.45) is 2.39. The third kappa shape index (κ3) is 2.33. The Labute approximate surface area is 89.8 Å². The number of aliphatic hydroxyl groups excluding tert-OH is 1. The van der Waals surface area contributed by atoms with Crippen LogP contribution >= 0.6 is 27.5 Å². The number of nitrogens with zero attached hydrogens (tertiary/aromatic N) is 1. The predicted octanol–water partition coefficient (Wildman–Crippen LogP) is 2.12. The minimum Gasteiger partial charge on any atom is -0.495 e. The molecule has 1 aromatic heterocycles. The van der Waals surface area contributed by atoms with Gasteiger partial charge in [-0.15, -0.1) is 11.6 Å². The minimum atomic E-state index is -0.742. The van der Waals surface area contributed by atoms with E-state index in [-0.39, 0.29) is 5.88 Å². The van der Waals surface area contributed by atoms with Crippen molar-refractivity contribution in [3.8, 4) is 5.75 Å². The smallest absolute Gasteiger partial charge is 0.144 e. The van der Waals surface area contributed by atoms with E-state index in [0.29, 0.717) is 15.8 Å². The van der Waals surface area contributed by atoms with E-state index >= 15 is 0 Å². The molecule has 72 valence electrons. The third-order valence-corrected chi connectivity index (χ3v) is 2.53. The molecule has 0 aliphatic heterocycles. The number of aliphatic hydroxyl groups is 1. The summed E-state index contributed by atoms with van der Waals surface area (Å²) in [5, 5.41) is 9.55. The zero-order chi connectivity index (χ0) is 9.84. The van der Waals surface area contributed by atoms with Crippen LogP contribution < -0.4 is 4.74 Å². The minimum absolute atomic E-state index is 0.124. The molecule has 3 nitrogen and oxygen atoms in total. The molecular formula is C8H9BrClNO2. The van der Waals surface area contributed by atoms with Crippen LogP contribution in [0.1, 0.15) is 11.7 Å². The molecule has 1 unspecified atom stereocenters. The Morgan fingerprint density at radius 3 is 2.92 bits per heavy atom. The topological polar surface area (TPSA) is 42.4 Å². The number of hydrogen-bond donors (Lipinski definition) is 1. The Hall–Kier alpha value is -0.320. The summed E-state index contributed by atoms with van der Waals surface area (Å²) in [6.45, 7) is 0. The normalized spacial score (nSPS) is 12.6. The van der Waals surface area contributed by atoms with Gasteiger partial charge in [-0.3, -0.25) is 4.98 Å². The molecule has 0 radical (unpaired) electrons. The lowest BCUT2D eigenvalue weighted by atomic mass is 10.1. The molecule has 0 aliphatic carbocycles. The highest BCUT2D eigenvalue weighted by Crippen LogP contribution is 2.31. The molecule has 1 atom stereocenters. The molecule has 0 fully saturated rings. The first-order chi connectivity index (χ1) is 6.20. The van der Waals surface area contributed by atoms with E-state index in [4.69, 9.17) is 16.3 Å². The monoisotopic (exact) mass is 265 g/mol. The van der Waals surface area contributed by atoms with Gasteiger partial charge in [-0.1, -0.05) is 0 Å². The number of methoxy groups -OCH3 is 1. The lowest BCUT2D eigenvalue weighted by Gasteiger charge is -2.13. The summed E-state index contributed by atoms with van der Waals surface area (Å²) >= 11 is 8.81. The molecule has 0 spiro atoms. The molecule has 0 aromatic carbocycles.